The van der Waals surface area contributed by atoms with Gasteiger partial charge >= 0.3 is 0 Å². The summed E-state index contributed by atoms with van der Waals surface area (Å²) in [7, 11) is -2.89. The third-order valence-electron chi connectivity index (χ3n) is 3.66. The molecule has 102 valence electrons. The molecule has 1 aromatic carbocycles. The highest BCUT2D eigenvalue weighted by Crippen LogP contribution is 2.31. The quantitative estimate of drug-likeness (QED) is 0.936. The van der Waals surface area contributed by atoms with Gasteiger partial charge in [-0.2, -0.15) is 0 Å². The summed E-state index contributed by atoms with van der Waals surface area (Å²) in [6, 6.07) is 9.40. The van der Waals surface area contributed by atoms with Crippen LogP contribution in [-0.2, 0) is 9.84 Å². The Morgan fingerprint density at radius 1 is 1.37 bits per heavy atom. The topological polar surface area (TPSA) is 67.5 Å². The minimum absolute atomic E-state index is 0.0354. The summed E-state index contributed by atoms with van der Waals surface area (Å²) in [5.74, 6) is 0.980. The number of aliphatic hydroxyl groups is 1. The first-order chi connectivity index (χ1) is 9.03. The molecule has 2 heterocycles. The van der Waals surface area contributed by atoms with Crippen molar-refractivity contribution in [2.75, 3.05) is 11.5 Å². The van der Waals surface area contributed by atoms with Gasteiger partial charge in [0.1, 0.15) is 17.4 Å². The molecule has 0 spiro atoms. The number of para-hydroxylation sites is 1. The first-order valence-electron chi connectivity index (χ1n) is 6.40. The Morgan fingerprint density at radius 2 is 2.16 bits per heavy atom. The highest BCUT2D eigenvalue weighted by Gasteiger charge is 2.30. The van der Waals surface area contributed by atoms with E-state index in [1.54, 1.807) is 0 Å². The molecule has 3 rings (SSSR count). The average Bonchev–Trinajstić information content (AvgIpc) is 2.92. The molecule has 1 aliphatic rings. The minimum Gasteiger partial charge on any atom is -0.458 e. The Kier molecular flexibility index (Phi) is 3.11. The SMILES string of the molecule is O=S1(=O)CCC(CC(O)c2cc3ccccc3o2)C1. The van der Waals surface area contributed by atoms with Crippen LogP contribution in [0.5, 0.6) is 0 Å². The maximum absolute atomic E-state index is 11.4. The molecule has 1 fully saturated rings. The lowest BCUT2D eigenvalue weighted by atomic mass is 10.00. The molecule has 0 saturated carbocycles. The van der Waals surface area contributed by atoms with E-state index in [-0.39, 0.29) is 17.4 Å². The number of hydrogen-bond donors (Lipinski definition) is 1. The molecule has 1 aromatic heterocycles. The van der Waals surface area contributed by atoms with Crippen LogP contribution in [0, 0.1) is 5.92 Å². The van der Waals surface area contributed by atoms with Gasteiger partial charge in [0, 0.05) is 5.39 Å². The molecular formula is C14H16O4S. The first-order valence-corrected chi connectivity index (χ1v) is 8.22. The summed E-state index contributed by atoms with van der Waals surface area (Å²) in [4.78, 5) is 0. The van der Waals surface area contributed by atoms with E-state index in [4.69, 9.17) is 4.42 Å². The molecule has 4 nitrogen and oxygen atoms in total. The van der Waals surface area contributed by atoms with E-state index >= 15 is 0 Å². The van der Waals surface area contributed by atoms with Crippen LogP contribution >= 0.6 is 0 Å². The zero-order valence-corrected chi connectivity index (χ0v) is 11.3. The van der Waals surface area contributed by atoms with Gasteiger partial charge in [0.05, 0.1) is 11.5 Å². The van der Waals surface area contributed by atoms with Crippen molar-refractivity contribution in [2.45, 2.75) is 18.9 Å². The summed E-state index contributed by atoms with van der Waals surface area (Å²) in [5.41, 5.74) is 0.746. The lowest BCUT2D eigenvalue weighted by Crippen LogP contribution is -2.09. The molecule has 0 bridgehead atoms. The fraction of sp³-hybridized carbons (Fsp3) is 0.429. The molecule has 2 atom stereocenters. The molecule has 5 heteroatoms. The predicted octanol–water partition coefficient (Wildman–Crippen LogP) is 2.29. The Hall–Kier alpha value is -1.33. The lowest BCUT2D eigenvalue weighted by Gasteiger charge is -2.11. The Balaban J connectivity index is 1.75. The fourth-order valence-corrected chi connectivity index (χ4v) is 4.54. The predicted molar refractivity (Wildman–Crippen MR) is 72.6 cm³/mol. The average molecular weight is 280 g/mol. The van der Waals surface area contributed by atoms with Crippen LogP contribution in [-0.4, -0.2) is 25.0 Å². The van der Waals surface area contributed by atoms with Crippen molar-refractivity contribution in [1.29, 1.82) is 0 Å². The van der Waals surface area contributed by atoms with Gasteiger partial charge in [0.2, 0.25) is 0 Å². The summed E-state index contributed by atoms with van der Waals surface area (Å²) < 4.78 is 28.4. The van der Waals surface area contributed by atoms with Crippen molar-refractivity contribution in [3.8, 4) is 0 Å². The van der Waals surface area contributed by atoms with Crippen LogP contribution < -0.4 is 0 Å². The zero-order chi connectivity index (χ0) is 13.5. The highest BCUT2D eigenvalue weighted by atomic mass is 32.2. The van der Waals surface area contributed by atoms with Crippen LogP contribution in [0.3, 0.4) is 0 Å². The molecule has 0 amide bonds. The van der Waals surface area contributed by atoms with Crippen LogP contribution in [0.1, 0.15) is 24.7 Å². The Bertz CT molecular complexity index is 653. The van der Waals surface area contributed by atoms with Gasteiger partial charge in [-0.1, -0.05) is 18.2 Å². The van der Waals surface area contributed by atoms with Gasteiger partial charge in [-0.25, -0.2) is 8.42 Å². The van der Waals surface area contributed by atoms with Crippen LogP contribution in [0.15, 0.2) is 34.7 Å². The van der Waals surface area contributed by atoms with Crippen molar-refractivity contribution < 1.29 is 17.9 Å². The van der Waals surface area contributed by atoms with Gasteiger partial charge in [0.15, 0.2) is 9.84 Å². The monoisotopic (exact) mass is 280 g/mol. The maximum atomic E-state index is 11.4. The number of benzene rings is 1. The van der Waals surface area contributed by atoms with E-state index in [0.29, 0.717) is 18.6 Å². The molecular weight excluding hydrogens is 264 g/mol. The van der Waals surface area contributed by atoms with Gasteiger partial charge in [0.25, 0.3) is 0 Å². The second-order valence-corrected chi connectivity index (χ2v) is 7.44. The van der Waals surface area contributed by atoms with Crippen molar-refractivity contribution in [1.82, 2.24) is 0 Å². The van der Waals surface area contributed by atoms with Gasteiger partial charge in [-0.3, -0.25) is 0 Å². The molecule has 19 heavy (non-hydrogen) atoms. The largest absolute Gasteiger partial charge is 0.458 e. The van der Waals surface area contributed by atoms with Crippen molar-refractivity contribution in [3.63, 3.8) is 0 Å². The van der Waals surface area contributed by atoms with E-state index in [9.17, 15) is 13.5 Å². The first kappa shape index (κ1) is 12.7. The molecule has 2 unspecified atom stereocenters. The Morgan fingerprint density at radius 3 is 2.84 bits per heavy atom. The maximum Gasteiger partial charge on any atom is 0.150 e. The van der Waals surface area contributed by atoms with Crippen molar-refractivity contribution in [2.24, 2.45) is 5.92 Å². The van der Waals surface area contributed by atoms with E-state index < -0.39 is 15.9 Å². The minimum atomic E-state index is -2.89. The summed E-state index contributed by atoms with van der Waals surface area (Å²) >= 11 is 0. The number of furan rings is 1. The number of sulfone groups is 1. The highest BCUT2D eigenvalue weighted by molar-refractivity contribution is 7.91. The smallest absolute Gasteiger partial charge is 0.150 e. The van der Waals surface area contributed by atoms with Crippen LogP contribution in [0.2, 0.25) is 0 Å². The van der Waals surface area contributed by atoms with Crippen LogP contribution in [0.25, 0.3) is 11.0 Å². The second kappa shape index (κ2) is 4.65. The second-order valence-electron chi connectivity index (χ2n) is 5.21. The number of aliphatic hydroxyl groups excluding tert-OH is 1. The van der Waals surface area contributed by atoms with E-state index in [2.05, 4.69) is 0 Å². The third-order valence-corrected chi connectivity index (χ3v) is 5.49. The molecule has 0 aliphatic carbocycles. The fourth-order valence-electron chi connectivity index (χ4n) is 2.66. The summed E-state index contributed by atoms with van der Waals surface area (Å²) in [6.45, 7) is 0. The third kappa shape index (κ3) is 2.67. The molecule has 1 N–H and O–H groups in total. The molecule has 2 aromatic rings. The van der Waals surface area contributed by atoms with Gasteiger partial charge < -0.3 is 9.52 Å². The molecule has 1 saturated heterocycles. The number of hydrogen-bond acceptors (Lipinski definition) is 4. The standard InChI is InChI=1S/C14H16O4S/c15-12(7-10-5-6-19(16,17)9-10)14-8-11-3-1-2-4-13(11)18-14/h1-4,8,10,12,15H,5-7,9H2. The summed E-state index contributed by atoms with van der Waals surface area (Å²) in [6.07, 6.45) is 0.351. The summed E-state index contributed by atoms with van der Waals surface area (Å²) in [5, 5.41) is 11.1. The van der Waals surface area contributed by atoms with E-state index in [1.807, 2.05) is 30.3 Å². The van der Waals surface area contributed by atoms with Crippen LogP contribution in [0.4, 0.5) is 0 Å². The van der Waals surface area contributed by atoms with Crippen molar-refractivity contribution in [3.05, 3.63) is 36.1 Å². The Labute approximate surface area is 112 Å². The number of rotatable bonds is 3. The number of fused-ring (bicyclic) bond motifs is 1. The molecule has 1 aliphatic heterocycles. The lowest BCUT2D eigenvalue weighted by molar-refractivity contribution is 0.126. The zero-order valence-electron chi connectivity index (χ0n) is 10.5. The normalized spacial score (nSPS) is 23.7. The van der Waals surface area contributed by atoms with E-state index in [1.165, 1.54) is 0 Å². The van der Waals surface area contributed by atoms with Crippen molar-refractivity contribution >= 4 is 20.8 Å². The van der Waals surface area contributed by atoms with E-state index in [0.717, 1.165) is 11.0 Å². The molecule has 0 radical (unpaired) electrons. The van der Waals surface area contributed by atoms with Gasteiger partial charge in [-0.05, 0) is 30.9 Å². The van der Waals surface area contributed by atoms with Gasteiger partial charge in [-0.15, -0.1) is 0 Å².